The molecule has 0 bridgehead atoms. The van der Waals surface area contributed by atoms with E-state index >= 15 is 0 Å². The number of anilines is 2. The van der Waals surface area contributed by atoms with Gasteiger partial charge in [-0.05, 0) is 49.4 Å². The number of fused-ring (bicyclic) bond motifs is 2. The number of aliphatic hydroxyl groups is 2. The molecule has 0 spiro atoms. The van der Waals surface area contributed by atoms with E-state index in [0.29, 0.717) is 31.0 Å². The van der Waals surface area contributed by atoms with Crippen LogP contribution in [0.15, 0.2) is 36.8 Å². The summed E-state index contributed by atoms with van der Waals surface area (Å²) in [5.41, 5.74) is 10.0. The summed E-state index contributed by atoms with van der Waals surface area (Å²) in [7, 11) is 0. The maximum atomic E-state index is 10.6. The van der Waals surface area contributed by atoms with Crippen LogP contribution in [-0.4, -0.2) is 56.2 Å². The Balaban J connectivity index is 1.29. The van der Waals surface area contributed by atoms with E-state index in [1.807, 2.05) is 18.0 Å². The van der Waals surface area contributed by atoms with E-state index < -0.39 is 24.5 Å². The van der Waals surface area contributed by atoms with Crippen molar-refractivity contribution in [1.29, 1.82) is 0 Å². The van der Waals surface area contributed by atoms with Gasteiger partial charge in [0.1, 0.15) is 30.2 Å². The number of aryl methyl sites for hydroxylation is 2. The molecule has 4 atom stereocenters. The third-order valence-electron chi connectivity index (χ3n) is 6.08. The highest BCUT2D eigenvalue weighted by molar-refractivity contribution is 5.79. The molecule has 2 aromatic heterocycles. The molecule has 0 unspecified atom stereocenters. The number of aromatic nitrogens is 3. The van der Waals surface area contributed by atoms with Crippen LogP contribution >= 0.6 is 0 Å². The molecule has 0 saturated carbocycles. The van der Waals surface area contributed by atoms with Gasteiger partial charge in [-0.3, -0.25) is 4.98 Å². The Hall–Kier alpha value is -2.81. The second-order valence-electron chi connectivity index (χ2n) is 8.13. The topological polar surface area (TPSA) is 118 Å². The number of nitrogen functional groups attached to an aromatic ring is 1. The Kier molecular flexibility index (Phi) is 4.77. The zero-order valence-electron chi connectivity index (χ0n) is 16.8. The van der Waals surface area contributed by atoms with Crippen molar-refractivity contribution in [3.8, 4) is 0 Å². The largest absolute Gasteiger partial charge is 0.388 e. The number of pyridine rings is 1. The average Bonchev–Trinajstić information content (AvgIpc) is 3.29. The fourth-order valence-corrected chi connectivity index (χ4v) is 4.46. The number of hydrogen-bond donors (Lipinski definition) is 3. The van der Waals surface area contributed by atoms with Gasteiger partial charge >= 0.3 is 0 Å². The third-order valence-corrected chi connectivity index (χ3v) is 6.08. The molecular weight excluding hydrogens is 382 g/mol. The second-order valence-corrected chi connectivity index (χ2v) is 8.13. The van der Waals surface area contributed by atoms with Crippen LogP contribution in [0.25, 0.3) is 10.9 Å². The van der Waals surface area contributed by atoms with E-state index in [4.69, 9.17) is 10.5 Å². The number of hydrogen-bond acceptors (Lipinski definition) is 8. The minimum Gasteiger partial charge on any atom is -0.388 e. The molecule has 30 heavy (non-hydrogen) atoms. The van der Waals surface area contributed by atoms with Gasteiger partial charge in [-0.1, -0.05) is 12.1 Å². The smallest absolute Gasteiger partial charge is 0.160 e. The summed E-state index contributed by atoms with van der Waals surface area (Å²) in [5.74, 6) is 1.13. The van der Waals surface area contributed by atoms with Gasteiger partial charge in [-0.25, -0.2) is 9.97 Å². The van der Waals surface area contributed by atoms with Crippen molar-refractivity contribution in [3.05, 3.63) is 53.5 Å². The van der Waals surface area contributed by atoms with E-state index in [2.05, 4.69) is 39.2 Å². The van der Waals surface area contributed by atoms with Crippen molar-refractivity contribution >= 4 is 22.5 Å². The minimum atomic E-state index is -1.02. The van der Waals surface area contributed by atoms with Crippen molar-refractivity contribution in [3.63, 3.8) is 0 Å². The molecule has 1 saturated heterocycles. The summed E-state index contributed by atoms with van der Waals surface area (Å²) in [5, 5.41) is 22.4. The highest BCUT2D eigenvalue weighted by Gasteiger charge is 2.47. The molecule has 156 valence electrons. The lowest BCUT2D eigenvalue weighted by atomic mass is 10.0. The van der Waals surface area contributed by atoms with Crippen LogP contribution in [0.4, 0.5) is 11.6 Å². The lowest BCUT2D eigenvalue weighted by Gasteiger charge is -2.27. The fraction of sp³-hybridized carbons (Fsp3) is 0.409. The van der Waals surface area contributed by atoms with Crippen LogP contribution in [0.2, 0.25) is 0 Å². The molecule has 0 amide bonds. The molecule has 4 N–H and O–H groups in total. The van der Waals surface area contributed by atoms with Gasteiger partial charge in [0.2, 0.25) is 0 Å². The monoisotopic (exact) mass is 407 g/mol. The number of aliphatic hydroxyl groups excluding tert-OH is 2. The second kappa shape index (κ2) is 7.46. The average molecular weight is 407 g/mol. The first-order valence-electron chi connectivity index (χ1n) is 10.2. The molecule has 0 radical (unpaired) electrons. The first-order valence-corrected chi connectivity index (χ1v) is 10.2. The lowest BCUT2D eigenvalue weighted by molar-refractivity contribution is 0.00365. The summed E-state index contributed by atoms with van der Waals surface area (Å²) >= 11 is 0. The highest BCUT2D eigenvalue weighted by Crippen LogP contribution is 2.35. The van der Waals surface area contributed by atoms with E-state index in [-0.39, 0.29) is 0 Å². The maximum Gasteiger partial charge on any atom is 0.160 e. The van der Waals surface area contributed by atoms with Crippen molar-refractivity contribution in [1.82, 2.24) is 15.0 Å². The summed E-state index contributed by atoms with van der Waals surface area (Å²) in [6.07, 6.45) is 2.20. The van der Waals surface area contributed by atoms with Gasteiger partial charge in [0.15, 0.2) is 6.23 Å². The molecule has 5 rings (SSSR count). The van der Waals surface area contributed by atoms with Gasteiger partial charge < -0.3 is 25.6 Å². The SMILES string of the molecule is Cc1cnc2cc(CC[C@H]3O[C@@H](N4CCc5c(N)ncnc54)[C@H](O)[C@@H]3O)ccc2c1. The maximum absolute atomic E-state index is 10.6. The number of ether oxygens (including phenoxy) is 1. The summed E-state index contributed by atoms with van der Waals surface area (Å²) in [6, 6.07) is 8.33. The van der Waals surface area contributed by atoms with Gasteiger partial charge in [0.25, 0.3) is 0 Å². The van der Waals surface area contributed by atoms with E-state index in [1.54, 1.807) is 0 Å². The first-order chi connectivity index (χ1) is 14.5. The Bertz CT molecular complexity index is 1090. The zero-order chi connectivity index (χ0) is 20.8. The number of rotatable bonds is 4. The highest BCUT2D eigenvalue weighted by atomic mass is 16.6. The summed E-state index contributed by atoms with van der Waals surface area (Å²) < 4.78 is 6.10. The lowest BCUT2D eigenvalue weighted by Crippen LogP contribution is -2.43. The third kappa shape index (κ3) is 3.27. The normalized spacial score (nSPS) is 25.8. The molecule has 2 aliphatic rings. The van der Waals surface area contributed by atoms with Crippen molar-refractivity contribution in [2.45, 2.75) is 50.7 Å². The van der Waals surface area contributed by atoms with Crippen LogP contribution < -0.4 is 10.6 Å². The number of benzene rings is 1. The van der Waals surface area contributed by atoms with Crippen LogP contribution in [0.1, 0.15) is 23.1 Å². The molecule has 3 aromatic rings. The van der Waals surface area contributed by atoms with Gasteiger partial charge in [-0.15, -0.1) is 0 Å². The molecular formula is C22H25N5O3. The quantitative estimate of drug-likeness (QED) is 0.593. The van der Waals surface area contributed by atoms with Gasteiger partial charge in [0, 0.05) is 23.7 Å². The Morgan fingerprint density at radius 1 is 1.17 bits per heavy atom. The van der Waals surface area contributed by atoms with Crippen molar-refractivity contribution in [2.75, 3.05) is 17.2 Å². The molecule has 0 aliphatic carbocycles. The summed E-state index contributed by atoms with van der Waals surface area (Å²) in [4.78, 5) is 14.7. The molecule has 8 heteroatoms. The van der Waals surface area contributed by atoms with Crippen molar-refractivity contribution < 1.29 is 14.9 Å². The van der Waals surface area contributed by atoms with Gasteiger partial charge in [-0.2, -0.15) is 0 Å². The number of nitrogens with two attached hydrogens (primary N) is 1. The molecule has 2 aliphatic heterocycles. The zero-order valence-corrected chi connectivity index (χ0v) is 16.8. The first kappa shape index (κ1) is 19.2. The van der Waals surface area contributed by atoms with E-state index in [9.17, 15) is 10.2 Å². The molecule has 1 fully saturated rings. The molecule has 4 heterocycles. The molecule has 1 aromatic carbocycles. The minimum absolute atomic E-state index is 0.451. The Morgan fingerprint density at radius 2 is 2.03 bits per heavy atom. The fourth-order valence-electron chi connectivity index (χ4n) is 4.46. The van der Waals surface area contributed by atoms with Crippen LogP contribution in [0, 0.1) is 6.92 Å². The molecule has 8 nitrogen and oxygen atoms in total. The van der Waals surface area contributed by atoms with E-state index in [1.165, 1.54) is 6.33 Å². The van der Waals surface area contributed by atoms with Crippen molar-refractivity contribution in [2.24, 2.45) is 0 Å². The Labute approximate surface area is 174 Å². The van der Waals surface area contributed by atoms with E-state index in [0.717, 1.165) is 34.0 Å². The Morgan fingerprint density at radius 3 is 2.90 bits per heavy atom. The number of nitrogens with zero attached hydrogens (tertiary/aromatic N) is 4. The van der Waals surface area contributed by atoms with Crippen LogP contribution in [-0.2, 0) is 17.6 Å². The van der Waals surface area contributed by atoms with Gasteiger partial charge in [0.05, 0.1) is 11.6 Å². The predicted octanol–water partition coefficient (Wildman–Crippen LogP) is 1.36. The summed E-state index contributed by atoms with van der Waals surface area (Å²) in [6.45, 7) is 2.65. The standard InChI is InChI=1S/C22H25N5O3/c1-12-8-14-4-2-13(9-16(14)24-10-12)3-5-17-18(28)19(29)22(30-17)27-7-6-15-20(23)25-11-26-21(15)27/h2,4,8-11,17-19,22,28-29H,3,5-7H2,1H3,(H2,23,25,26)/t17-,18-,19-,22-/m1/s1. The van der Waals surface area contributed by atoms with Crippen LogP contribution in [0.3, 0.4) is 0 Å². The predicted molar refractivity (Wildman–Crippen MR) is 113 cm³/mol. The van der Waals surface area contributed by atoms with Crippen LogP contribution in [0.5, 0.6) is 0 Å².